The summed E-state index contributed by atoms with van der Waals surface area (Å²) in [5.41, 5.74) is 1.88. The van der Waals surface area contributed by atoms with Crippen LogP contribution in [0.3, 0.4) is 0 Å². The molecule has 0 aliphatic rings. The van der Waals surface area contributed by atoms with Crippen molar-refractivity contribution in [2.24, 2.45) is 5.92 Å². The molecule has 0 aliphatic heterocycles. The standard InChI is InChI=1S/C19H25FNSi.2CH4O.Ir/c1-13(2)9-15-11-18(21-12-19(15)22(4,5)6)16-8-7-14(3)10-17(16)20;2*1-2;/h7,10-13H,9H2,1-6H3;2*2H,1H3;/q-1;;;/i3D3;;;. The summed E-state index contributed by atoms with van der Waals surface area (Å²) in [6.07, 6.45) is 2.77. The third-order valence-electron chi connectivity index (χ3n) is 3.58. The topological polar surface area (TPSA) is 53.4 Å². The number of aromatic nitrogens is 1. The van der Waals surface area contributed by atoms with E-state index >= 15 is 0 Å². The first kappa shape index (κ1) is 22.4. The minimum absolute atomic E-state index is 0. The van der Waals surface area contributed by atoms with Crippen molar-refractivity contribution in [2.45, 2.75) is 46.8 Å². The van der Waals surface area contributed by atoms with Crippen LogP contribution in [0.25, 0.3) is 11.3 Å². The molecule has 2 N–H and O–H groups in total. The molecule has 0 saturated carbocycles. The monoisotopic (exact) mass is 574 g/mol. The second-order valence-electron chi connectivity index (χ2n) is 7.19. The van der Waals surface area contributed by atoms with Gasteiger partial charge in [0.2, 0.25) is 0 Å². The SMILES string of the molecule is CO.CO.[2H]C([2H])([2H])c1c[c-]c(-c2cc(CC(C)C)c([Si](C)(C)C)cn2)c(F)c1.[Ir]. The summed E-state index contributed by atoms with van der Waals surface area (Å²) >= 11 is 0. The minimum Gasteiger partial charge on any atom is -0.400 e. The van der Waals surface area contributed by atoms with Gasteiger partial charge in [0.1, 0.15) is 0 Å². The van der Waals surface area contributed by atoms with Crippen molar-refractivity contribution in [1.29, 1.82) is 0 Å². The van der Waals surface area contributed by atoms with Gasteiger partial charge in [-0.1, -0.05) is 57.5 Å². The van der Waals surface area contributed by atoms with E-state index in [-0.39, 0.29) is 31.2 Å². The first-order valence-corrected chi connectivity index (χ1v) is 12.0. The molecule has 2 rings (SSSR count). The van der Waals surface area contributed by atoms with E-state index in [1.807, 2.05) is 12.3 Å². The molecule has 0 bridgehead atoms. The van der Waals surface area contributed by atoms with Gasteiger partial charge in [-0.25, -0.2) is 0 Å². The Bertz CT molecular complexity index is 782. The average molecular weight is 574 g/mol. The van der Waals surface area contributed by atoms with E-state index in [4.69, 9.17) is 14.3 Å². The molecule has 0 aliphatic carbocycles. The van der Waals surface area contributed by atoms with Crippen LogP contribution in [0.5, 0.6) is 0 Å². The summed E-state index contributed by atoms with van der Waals surface area (Å²) in [6, 6.07) is 7.12. The number of rotatable bonds is 4. The van der Waals surface area contributed by atoms with E-state index in [1.165, 1.54) is 16.8 Å². The van der Waals surface area contributed by atoms with E-state index in [2.05, 4.69) is 44.5 Å². The Hall–Kier alpha value is -0.914. The normalized spacial score (nSPS) is 12.3. The minimum atomic E-state index is -2.34. The average Bonchev–Trinajstić information content (AvgIpc) is 2.62. The summed E-state index contributed by atoms with van der Waals surface area (Å²) in [6.45, 7) is 8.79. The van der Waals surface area contributed by atoms with Gasteiger partial charge in [0, 0.05) is 50.5 Å². The zero-order chi connectivity index (χ0) is 23.0. The quantitative estimate of drug-likeness (QED) is 0.430. The van der Waals surface area contributed by atoms with Crippen molar-refractivity contribution in [2.75, 3.05) is 14.2 Å². The maximum Gasteiger partial charge on any atom is 0.0798 e. The first-order chi connectivity index (χ1) is 13.4. The molecule has 3 nitrogen and oxygen atoms in total. The second-order valence-corrected chi connectivity index (χ2v) is 12.2. The summed E-state index contributed by atoms with van der Waals surface area (Å²) in [5.74, 6) is -0.116. The number of aryl methyl sites for hydroxylation is 1. The van der Waals surface area contributed by atoms with E-state index in [9.17, 15) is 4.39 Å². The van der Waals surface area contributed by atoms with Crippen LogP contribution in [0.4, 0.5) is 4.39 Å². The fourth-order valence-corrected chi connectivity index (χ4v) is 4.17. The van der Waals surface area contributed by atoms with Gasteiger partial charge in [-0.2, -0.15) is 0 Å². The van der Waals surface area contributed by atoms with Crippen LogP contribution < -0.4 is 5.19 Å². The van der Waals surface area contributed by atoms with Crippen molar-refractivity contribution in [1.82, 2.24) is 4.98 Å². The fraction of sp³-hybridized carbons (Fsp3) is 0.476. The van der Waals surface area contributed by atoms with Crippen molar-refractivity contribution in [3.8, 4) is 11.3 Å². The van der Waals surface area contributed by atoms with Crippen LogP contribution in [-0.2, 0) is 26.5 Å². The van der Waals surface area contributed by atoms with Gasteiger partial charge in [-0.15, -0.1) is 23.8 Å². The maximum absolute atomic E-state index is 14.5. The number of halogens is 1. The Morgan fingerprint density at radius 3 is 2.22 bits per heavy atom. The van der Waals surface area contributed by atoms with Crippen LogP contribution >= 0.6 is 0 Å². The Morgan fingerprint density at radius 1 is 1.19 bits per heavy atom. The Balaban J connectivity index is 0. The van der Waals surface area contributed by atoms with Gasteiger partial charge in [-0.3, -0.25) is 4.39 Å². The molecule has 6 heteroatoms. The number of hydrogen-bond acceptors (Lipinski definition) is 3. The predicted octanol–water partition coefficient (Wildman–Crippen LogP) is 3.95. The van der Waals surface area contributed by atoms with Gasteiger partial charge >= 0.3 is 0 Å². The molecule has 1 heterocycles. The molecular weight excluding hydrogens is 538 g/mol. The van der Waals surface area contributed by atoms with Crippen molar-refractivity contribution >= 4 is 13.3 Å². The number of aliphatic hydroxyl groups excluding tert-OH is 2. The third kappa shape index (κ3) is 8.75. The van der Waals surface area contributed by atoms with Gasteiger partial charge in [0.15, 0.2) is 0 Å². The fourth-order valence-electron chi connectivity index (χ4n) is 2.58. The number of hydrogen-bond donors (Lipinski definition) is 2. The number of benzene rings is 1. The molecule has 1 aromatic carbocycles. The largest absolute Gasteiger partial charge is 0.400 e. The van der Waals surface area contributed by atoms with Crippen molar-refractivity contribution < 1.29 is 38.8 Å². The zero-order valence-corrected chi connectivity index (χ0v) is 20.5. The molecule has 27 heavy (non-hydrogen) atoms. The zero-order valence-electron chi connectivity index (χ0n) is 20.1. The van der Waals surface area contributed by atoms with E-state index in [0.717, 1.165) is 26.7 Å². The second kappa shape index (κ2) is 13.3. The molecule has 0 atom stereocenters. The summed E-state index contributed by atoms with van der Waals surface area (Å²) in [5, 5.41) is 15.3. The molecular formula is C21H33FIrNO2Si-. The molecule has 0 amide bonds. The maximum atomic E-state index is 14.5. The van der Waals surface area contributed by atoms with Crippen LogP contribution in [0.2, 0.25) is 19.6 Å². The molecule has 155 valence electrons. The summed E-state index contributed by atoms with van der Waals surface area (Å²) in [7, 11) is 0.443. The van der Waals surface area contributed by atoms with Gasteiger partial charge in [-0.05, 0) is 23.2 Å². The number of nitrogens with zero attached hydrogens (tertiary/aromatic N) is 1. The van der Waals surface area contributed by atoms with Gasteiger partial charge < -0.3 is 15.2 Å². The molecule has 0 saturated heterocycles. The van der Waals surface area contributed by atoms with Crippen molar-refractivity contribution in [3.63, 3.8) is 0 Å². The number of aliphatic hydroxyl groups is 2. The predicted molar refractivity (Wildman–Crippen MR) is 111 cm³/mol. The third-order valence-corrected chi connectivity index (χ3v) is 5.64. The summed E-state index contributed by atoms with van der Waals surface area (Å²) in [4.78, 5) is 4.46. The van der Waals surface area contributed by atoms with E-state index in [1.54, 1.807) is 0 Å². The Labute approximate surface area is 182 Å². The molecule has 1 aromatic heterocycles. The first-order valence-electron chi connectivity index (χ1n) is 10.0. The molecule has 0 spiro atoms. The molecule has 0 unspecified atom stereocenters. The molecule has 0 fully saturated rings. The van der Waals surface area contributed by atoms with E-state index in [0.29, 0.717) is 11.6 Å². The Morgan fingerprint density at radius 2 is 1.78 bits per heavy atom. The smallest absolute Gasteiger partial charge is 0.0798 e. The number of pyridine rings is 1. The molecule has 1 radical (unpaired) electrons. The van der Waals surface area contributed by atoms with Crippen LogP contribution in [0.15, 0.2) is 24.4 Å². The van der Waals surface area contributed by atoms with Crippen LogP contribution in [-0.4, -0.2) is 37.5 Å². The van der Waals surface area contributed by atoms with Crippen LogP contribution in [0.1, 0.15) is 29.1 Å². The summed E-state index contributed by atoms with van der Waals surface area (Å²) < 4.78 is 36.6. The van der Waals surface area contributed by atoms with E-state index < -0.39 is 20.7 Å². The van der Waals surface area contributed by atoms with Gasteiger partial charge in [0.25, 0.3) is 0 Å². The molecule has 2 aromatic rings. The Kier molecular flexibility index (Phi) is 11.0. The van der Waals surface area contributed by atoms with Crippen molar-refractivity contribution in [3.05, 3.63) is 47.4 Å². The van der Waals surface area contributed by atoms with Gasteiger partial charge in [0.05, 0.1) is 8.07 Å². The van der Waals surface area contributed by atoms with Crippen LogP contribution in [0, 0.1) is 24.7 Å².